The van der Waals surface area contributed by atoms with Crippen LogP contribution >= 0.6 is 0 Å². The van der Waals surface area contributed by atoms with Crippen molar-refractivity contribution in [1.29, 1.82) is 0 Å². The molecule has 33 heavy (non-hydrogen) atoms. The van der Waals surface area contributed by atoms with Crippen LogP contribution in [0.4, 0.5) is 8.78 Å². The van der Waals surface area contributed by atoms with Gasteiger partial charge in [0.25, 0.3) is 0 Å². The number of halogens is 2. The van der Waals surface area contributed by atoms with E-state index in [1.807, 2.05) is 6.07 Å². The summed E-state index contributed by atoms with van der Waals surface area (Å²) < 4.78 is 32.4. The second kappa shape index (κ2) is 8.28. The van der Waals surface area contributed by atoms with Crippen LogP contribution in [0.25, 0.3) is 0 Å². The molecule has 2 saturated carbocycles. The molecule has 3 aliphatic carbocycles. The van der Waals surface area contributed by atoms with Gasteiger partial charge in [0.15, 0.2) is 11.5 Å². The quantitative estimate of drug-likeness (QED) is 0.614. The van der Waals surface area contributed by atoms with Crippen LogP contribution in [0.1, 0.15) is 61.6 Å². The summed E-state index contributed by atoms with van der Waals surface area (Å²) in [5, 5.41) is 25.5. The lowest BCUT2D eigenvalue weighted by Gasteiger charge is -2.50. The lowest BCUT2D eigenvalue weighted by molar-refractivity contribution is -0.0180. The average molecular weight is 458 g/mol. The molecule has 0 amide bonds. The van der Waals surface area contributed by atoms with Crippen molar-refractivity contribution in [3.05, 3.63) is 58.7 Å². The number of phenols is 1. The Hall–Kier alpha value is -2.67. The number of aromatic hydroxyl groups is 1. The molecule has 3 aliphatic rings. The van der Waals surface area contributed by atoms with Gasteiger partial charge in [-0.15, -0.1) is 0 Å². The summed E-state index contributed by atoms with van der Waals surface area (Å²) in [5.74, 6) is 0.0690. The maximum absolute atomic E-state index is 13.5. The Morgan fingerprint density at radius 2 is 1.85 bits per heavy atom. The van der Waals surface area contributed by atoms with Crippen molar-refractivity contribution in [2.75, 3.05) is 7.11 Å². The minimum Gasteiger partial charge on any atom is -0.504 e. The number of ether oxygens (including phenoxy) is 1. The summed E-state index contributed by atoms with van der Waals surface area (Å²) in [6, 6.07) is 6.83. The highest BCUT2D eigenvalue weighted by molar-refractivity contribution is 6.03. The molecular formula is C26H29F2NO4. The normalized spacial score (nSPS) is 31.6. The van der Waals surface area contributed by atoms with Gasteiger partial charge < -0.3 is 19.8 Å². The Bertz CT molecular complexity index is 1080. The number of aliphatic hydroxyl groups is 1. The molecule has 5 nitrogen and oxygen atoms in total. The number of hydrogen-bond donors (Lipinski definition) is 2. The number of aliphatic hydroxyl groups excluding tert-OH is 1. The smallest absolute Gasteiger partial charge is 0.160 e. The predicted octanol–water partition coefficient (Wildman–Crippen LogP) is 5.27. The molecule has 2 aromatic rings. The largest absolute Gasteiger partial charge is 0.504 e. The van der Waals surface area contributed by atoms with E-state index in [1.54, 1.807) is 6.07 Å². The summed E-state index contributed by atoms with van der Waals surface area (Å²) in [7, 11) is 1.53. The fourth-order valence-corrected chi connectivity index (χ4v) is 6.53. The Balaban J connectivity index is 1.50. The highest BCUT2D eigenvalue weighted by Gasteiger charge is 2.55. The molecule has 0 aromatic heterocycles. The van der Waals surface area contributed by atoms with Crippen molar-refractivity contribution in [3.63, 3.8) is 0 Å². The molecule has 0 bridgehead atoms. The maximum atomic E-state index is 13.5. The molecule has 0 spiro atoms. The van der Waals surface area contributed by atoms with Crippen molar-refractivity contribution >= 4 is 5.71 Å². The molecule has 0 radical (unpaired) electrons. The summed E-state index contributed by atoms with van der Waals surface area (Å²) in [6.45, 7) is 2.13. The van der Waals surface area contributed by atoms with Gasteiger partial charge in [-0.25, -0.2) is 8.78 Å². The molecule has 0 unspecified atom stereocenters. The van der Waals surface area contributed by atoms with E-state index >= 15 is 0 Å². The first-order valence-electron chi connectivity index (χ1n) is 11.5. The van der Waals surface area contributed by atoms with Crippen molar-refractivity contribution in [2.24, 2.45) is 22.4 Å². The van der Waals surface area contributed by atoms with Gasteiger partial charge in [0.05, 0.1) is 18.9 Å². The molecule has 5 atom stereocenters. The number of rotatable bonds is 4. The van der Waals surface area contributed by atoms with Crippen LogP contribution in [0, 0.1) is 28.9 Å². The van der Waals surface area contributed by atoms with Gasteiger partial charge in [-0.3, -0.25) is 0 Å². The fraction of sp³-hybridized carbons (Fsp3) is 0.500. The van der Waals surface area contributed by atoms with Gasteiger partial charge in [-0.2, -0.15) is 0 Å². The van der Waals surface area contributed by atoms with Crippen molar-refractivity contribution in [3.8, 4) is 11.5 Å². The number of fused-ring (bicyclic) bond motifs is 5. The highest BCUT2D eigenvalue weighted by Crippen LogP contribution is 2.61. The zero-order chi connectivity index (χ0) is 23.3. The number of oxime groups is 1. The van der Waals surface area contributed by atoms with Crippen molar-refractivity contribution < 1.29 is 28.6 Å². The number of benzene rings is 2. The third-order valence-corrected chi connectivity index (χ3v) is 8.21. The molecule has 0 aliphatic heterocycles. The molecule has 2 fully saturated rings. The second-order valence-electron chi connectivity index (χ2n) is 9.92. The van der Waals surface area contributed by atoms with Crippen LogP contribution in [0.2, 0.25) is 0 Å². The minimum absolute atomic E-state index is 0.0338. The van der Waals surface area contributed by atoms with Crippen LogP contribution in [0.5, 0.6) is 11.5 Å². The van der Waals surface area contributed by atoms with Crippen LogP contribution in [-0.2, 0) is 11.4 Å². The van der Waals surface area contributed by atoms with E-state index in [1.165, 1.54) is 19.2 Å². The lowest BCUT2D eigenvalue weighted by atomic mass is 9.55. The molecule has 2 aromatic carbocycles. The highest BCUT2D eigenvalue weighted by atomic mass is 19.1. The Morgan fingerprint density at radius 3 is 2.58 bits per heavy atom. The molecule has 7 heteroatoms. The number of nitrogens with zero attached hydrogens (tertiary/aromatic N) is 1. The molecule has 2 N–H and O–H groups in total. The Labute approximate surface area is 192 Å². The molecule has 5 rings (SSSR count). The predicted molar refractivity (Wildman–Crippen MR) is 119 cm³/mol. The van der Waals surface area contributed by atoms with Gasteiger partial charge in [0.2, 0.25) is 0 Å². The van der Waals surface area contributed by atoms with E-state index in [0.717, 1.165) is 42.9 Å². The Kier molecular flexibility index (Phi) is 5.55. The average Bonchev–Trinajstić information content (AvgIpc) is 3.07. The second-order valence-corrected chi connectivity index (χ2v) is 9.92. The molecule has 0 heterocycles. The number of methoxy groups -OCH3 is 1. The zero-order valence-corrected chi connectivity index (χ0v) is 18.9. The van der Waals surface area contributed by atoms with Crippen molar-refractivity contribution in [1.82, 2.24) is 0 Å². The zero-order valence-electron chi connectivity index (χ0n) is 18.9. The summed E-state index contributed by atoms with van der Waals surface area (Å²) >= 11 is 0. The van der Waals surface area contributed by atoms with E-state index in [4.69, 9.17) is 9.57 Å². The fourth-order valence-electron chi connectivity index (χ4n) is 6.53. The van der Waals surface area contributed by atoms with Gasteiger partial charge in [0, 0.05) is 11.6 Å². The summed E-state index contributed by atoms with van der Waals surface area (Å²) in [5.41, 5.74) is 2.84. The van der Waals surface area contributed by atoms with Crippen LogP contribution < -0.4 is 4.74 Å². The van der Waals surface area contributed by atoms with E-state index in [9.17, 15) is 19.0 Å². The van der Waals surface area contributed by atoms with Crippen molar-refractivity contribution in [2.45, 2.75) is 57.7 Å². The number of hydrogen-bond acceptors (Lipinski definition) is 5. The lowest BCUT2D eigenvalue weighted by Crippen LogP contribution is -2.45. The molecular weight excluding hydrogens is 428 g/mol. The van der Waals surface area contributed by atoms with Crippen LogP contribution in [0.15, 0.2) is 35.5 Å². The van der Waals surface area contributed by atoms with E-state index < -0.39 is 11.6 Å². The van der Waals surface area contributed by atoms with E-state index in [-0.39, 0.29) is 35.7 Å². The first-order chi connectivity index (χ1) is 15.8. The van der Waals surface area contributed by atoms with Crippen LogP contribution in [-0.4, -0.2) is 29.1 Å². The topological polar surface area (TPSA) is 71.3 Å². The summed E-state index contributed by atoms with van der Waals surface area (Å²) in [6.07, 6.45) is 4.06. The molecule has 176 valence electrons. The monoisotopic (exact) mass is 457 g/mol. The maximum Gasteiger partial charge on any atom is 0.160 e. The standard InChI is InChI=1S/C26H29F2NO4/c1-26-6-5-17-18-12-24(32-2)23(30)11-20(18)22(10-19(17)21(26)3-4-25(26)31)29-33-13-14-7-15(27)9-16(28)8-14/h7-9,11-12,17,19,21,25,30-31H,3-6,10,13H2,1-2H3/t17-,19-,21+,25-,26+/m1/s1. The third kappa shape index (κ3) is 3.76. The first kappa shape index (κ1) is 22.1. The first-order valence-corrected chi connectivity index (χ1v) is 11.5. The van der Waals surface area contributed by atoms with Gasteiger partial charge in [-0.05, 0) is 90.7 Å². The van der Waals surface area contributed by atoms with E-state index in [0.29, 0.717) is 29.4 Å². The van der Waals surface area contributed by atoms with E-state index in [2.05, 4.69) is 12.1 Å². The van der Waals surface area contributed by atoms with Gasteiger partial charge in [0.1, 0.15) is 18.2 Å². The van der Waals surface area contributed by atoms with Gasteiger partial charge in [-0.1, -0.05) is 12.1 Å². The third-order valence-electron chi connectivity index (χ3n) is 8.21. The Morgan fingerprint density at radius 1 is 1.09 bits per heavy atom. The summed E-state index contributed by atoms with van der Waals surface area (Å²) in [4.78, 5) is 5.55. The number of phenolic OH excluding ortho intramolecular Hbond substituents is 1. The molecule has 0 saturated heterocycles. The SMILES string of the molecule is COc1cc2c(cc1O)C(=NOCc1cc(F)cc(F)c1)C[C@@H]1[C@@H]2CC[C@]2(C)[C@H](O)CC[C@@H]12. The van der Waals surface area contributed by atoms with Crippen LogP contribution in [0.3, 0.4) is 0 Å². The minimum atomic E-state index is -0.662. The van der Waals surface area contributed by atoms with Gasteiger partial charge >= 0.3 is 0 Å².